The Bertz CT molecular complexity index is 834. The molecule has 1 aromatic heterocycles. The van der Waals surface area contributed by atoms with E-state index in [-0.39, 0.29) is 5.91 Å². The molecule has 5 nitrogen and oxygen atoms in total. The monoisotopic (exact) mass is 364 g/mol. The Morgan fingerprint density at radius 3 is 2.63 bits per heavy atom. The van der Waals surface area contributed by atoms with Crippen molar-refractivity contribution in [2.45, 2.75) is 52.9 Å². The fourth-order valence-electron chi connectivity index (χ4n) is 3.59. The molecule has 0 saturated heterocycles. The molecule has 1 aliphatic carbocycles. The Morgan fingerprint density at radius 2 is 1.93 bits per heavy atom. The first-order chi connectivity index (χ1) is 13.0. The highest BCUT2D eigenvalue weighted by Crippen LogP contribution is 2.23. The summed E-state index contributed by atoms with van der Waals surface area (Å²) in [6.45, 7) is 6.84. The van der Waals surface area contributed by atoms with E-state index in [0.717, 1.165) is 29.8 Å². The average Bonchev–Trinajstić information content (AvgIpc) is 2.65. The van der Waals surface area contributed by atoms with Crippen molar-refractivity contribution in [3.8, 4) is 0 Å². The molecule has 0 bridgehead atoms. The minimum atomic E-state index is -0.217. The molecular formula is C22H28N4O. The molecule has 0 radical (unpaired) electrons. The van der Waals surface area contributed by atoms with Crippen LogP contribution in [0.4, 0.5) is 11.6 Å². The first-order valence-corrected chi connectivity index (χ1v) is 9.67. The zero-order valence-electron chi connectivity index (χ0n) is 16.4. The molecule has 0 spiro atoms. The van der Waals surface area contributed by atoms with Crippen molar-refractivity contribution >= 4 is 17.5 Å². The van der Waals surface area contributed by atoms with E-state index in [1.165, 1.54) is 36.8 Å². The van der Waals surface area contributed by atoms with Crippen molar-refractivity contribution in [2.75, 3.05) is 17.2 Å². The van der Waals surface area contributed by atoms with E-state index in [9.17, 15) is 4.79 Å². The van der Waals surface area contributed by atoms with Crippen LogP contribution >= 0.6 is 0 Å². The van der Waals surface area contributed by atoms with Crippen molar-refractivity contribution in [1.29, 1.82) is 0 Å². The van der Waals surface area contributed by atoms with Crippen LogP contribution in [0.25, 0.3) is 0 Å². The minimum Gasteiger partial charge on any atom is -0.354 e. The van der Waals surface area contributed by atoms with Crippen LogP contribution in [0.1, 0.15) is 59.3 Å². The van der Waals surface area contributed by atoms with Crippen LogP contribution in [-0.4, -0.2) is 22.4 Å². The third-order valence-electron chi connectivity index (χ3n) is 4.92. The number of nitrogens with zero attached hydrogens (tertiary/aromatic N) is 2. The Kier molecular flexibility index (Phi) is 6.22. The molecule has 0 saturated carbocycles. The number of allylic oxidation sites excluding steroid dienone is 1. The van der Waals surface area contributed by atoms with Gasteiger partial charge in [0.05, 0.1) is 0 Å². The maximum Gasteiger partial charge on any atom is 0.274 e. The summed E-state index contributed by atoms with van der Waals surface area (Å²) in [6, 6.07) is 5.77. The molecular weight excluding hydrogens is 336 g/mol. The Hall–Kier alpha value is -2.69. The number of carbonyl (C=O) groups is 1. The van der Waals surface area contributed by atoms with E-state index in [2.05, 4.69) is 45.7 Å². The number of amides is 1. The average molecular weight is 364 g/mol. The van der Waals surface area contributed by atoms with Gasteiger partial charge in [-0.2, -0.15) is 0 Å². The molecule has 3 rings (SSSR count). The number of aromatic nitrogens is 2. The van der Waals surface area contributed by atoms with Crippen LogP contribution < -0.4 is 10.6 Å². The van der Waals surface area contributed by atoms with Gasteiger partial charge in [0.15, 0.2) is 0 Å². The van der Waals surface area contributed by atoms with E-state index in [1.54, 1.807) is 12.3 Å². The fraction of sp³-hybridized carbons (Fsp3) is 0.409. The first-order valence-electron chi connectivity index (χ1n) is 9.67. The van der Waals surface area contributed by atoms with Crippen LogP contribution in [0.3, 0.4) is 0 Å². The van der Waals surface area contributed by atoms with Crippen LogP contribution in [0.2, 0.25) is 0 Å². The normalized spacial score (nSPS) is 13.8. The largest absolute Gasteiger partial charge is 0.354 e. The number of carbonyl (C=O) groups excluding carboxylic acids is 1. The fourth-order valence-corrected chi connectivity index (χ4v) is 3.59. The molecule has 1 aliphatic rings. The Balaban J connectivity index is 1.62. The summed E-state index contributed by atoms with van der Waals surface area (Å²) in [5.74, 6) is 0.280. The van der Waals surface area contributed by atoms with Gasteiger partial charge in [-0.15, -0.1) is 0 Å². The second kappa shape index (κ2) is 8.80. The number of nitrogens with one attached hydrogen (secondary N) is 2. The number of hydrogen-bond donors (Lipinski definition) is 2. The summed E-state index contributed by atoms with van der Waals surface area (Å²) >= 11 is 0. The van der Waals surface area contributed by atoms with Crippen LogP contribution in [-0.2, 0) is 0 Å². The standard InChI is InChI=1S/C22H28N4O/c1-15-13-16(2)20(17(3)14-15)26-21(27)19-10-12-24-22(25-19)23-11-9-18-7-5-4-6-8-18/h7,10,12-14H,4-6,8-9,11H2,1-3H3,(H,26,27)(H,23,24,25). The Morgan fingerprint density at radius 1 is 1.15 bits per heavy atom. The van der Waals surface area contributed by atoms with E-state index in [0.29, 0.717) is 11.6 Å². The molecule has 1 amide bonds. The van der Waals surface area contributed by atoms with Gasteiger partial charge in [-0.1, -0.05) is 29.3 Å². The van der Waals surface area contributed by atoms with E-state index in [1.807, 2.05) is 13.8 Å². The highest BCUT2D eigenvalue weighted by molar-refractivity contribution is 6.03. The topological polar surface area (TPSA) is 66.9 Å². The van der Waals surface area contributed by atoms with Gasteiger partial charge in [-0.3, -0.25) is 4.79 Å². The van der Waals surface area contributed by atoms with E-state index in [4.69, 9.17) is 0 Å². The predicted molar refractivity (Wildman–Crippen MR) is 110 cm³/mol. The zero-order valence-corrected chi connectivity index (χ0v) is 16.4. The highest BCUT2D eigenvalue weighted by Gasteiger charge is 2.13. The highest BCUT2D eigenvalue weighted by atomic mass is 16.1. The minimum absolute atomic E-state index is 0.217. The van der Waals surface area contributed by atoms with Gasteiger partial charge in [-0.25, -0.2) is 9.97 Å². The summed E-state index contributed by atoms with van der Waals surface area (Å²) in [4.78, 5) is 21.2. The lowest BCUT2D eigenvalue weighted by atomic mass is 9.97. The molecule has 1 aromatic carbocycles. The lowest BCUT2D eigenvalue weighted by Crippen LogP contribution is -2.17. The summed E-state index contributed by atoms with van der Waals surface area (Å²) < 4.78 is 0. The zero-order chi connectivity index (χ0) is 19.2. The van der Waals surface area contributed by atoms with Crippen molar-refractivity contribution in [2.24, 2.45) is 0 Å². The molecule has 0 unspecified atom stereocenters. The number of aryl methyl sites for hydroxylation is 3. The van der Waals surface area contributed by atoms with Crippen LogP contribution in [0.5, 0.6) is 0 Å². The van der Waals surface area contributed by atoms with Crippen molar-refractivity contribution in [1.82, 2.24) is 9.97 Å². The molecule has 2 N–H and O–H groups in total. The van der Waals surface area contributed by atoms with Crippen molar-refractivity contribution in [3.05, 3.63) is 58.4 Å². The second-order valence-electron chi connectivity index (χ2n) is 7.28. The lowest BCUT2D eigenvalue weighted by Gasteiger charge is -2.14. The van der Waals surface area contributed by atoms with Gasteiger partial charge in [0.25, 0.3) is 5.91 Å². The summed E-state index contributed by atoms with van der Waals surface area (Å²) in [6.07, 6.45) is 9.95. The molecule has 0 fully saturated rings. The van der Waals surface area contributed by atoms with Gasteiger partial charge in [-0.05, 0) is 70.1 Å². The summed E-state index contributed by atoms with van der Waals surface area (Å²) in [5, 5.41) is 6.23. The van der Waals surface area contributed by atoms with Crippen molar-refractivity contribution < 1.29 is 4.79 Å². The van der Waals surface area contributed by atoms with Crippen molar-refractivity contribution in [3.63, 3.8) is 0 Å². The molecule has 1 heterocycles. The van der Waals surface area contributed by atoms with Gasteiger partial charge in [0.2, 0.25) is 5.95 Å². The number of benzene rings is 1. The number of anilines is 2. The predicted octanol–water partition coefficient (Wildman–Crippen LogP) is 4.96. The van der Waals surface area contributed by atoms with Gasteiger partial charge in [0.1, 0.15) is 5.69 Å². The molecule has 2 aromatic rings. The van der Waals surface area contributed by atoms with Crippen LogP contribution in [0.15, 0.2) is 36.0 Å². The summed E-state index contributed by atoms with van der Waals surface area (Å²) in [5.41, 5.74) is 6.01. The third kappa shape index (κ3) is 5.16. The lowest BCUT2D eigenvalue weighted by molar-refractivity contribution is 0.102. The van der Waals surface area contributed by atoms with E-state index >= 15 is 0 Å². The summed E-state index contributed by atoms with van der Waals surface area (Å²) in [7, 11) is 0. The van der Waals surface area contributed by atoms with E-state index < -0.39 is 0 Å². The SMILES string of the molecule is Cc1cc(C)c(NC(=O)c2ccnc(NCCC3=CCCCC3)n2)c(C)c1. The number of hydrogen-bond acceptors (Lipinski definition) is 4. The van der Waals surface area contributed by atoms with Gasteiger partial charge >= 0.3 is 0 Å². The molecule has 27 heavy (non-hydrogen) atoms. The van der Waals surface area contributed by atoms with Gasteiger partial charge in [0, 0.05) is 18.4 Å². The molecule has 0 atom stereocenters. The maximum atomic E-state index is 12.6. The van der Waals surface area contributed by atoms with Crippen LogP contribution in [0, 0.1) is 20.8 Å². The molecule has 5 heteroatoms. The number of rotatable bonds is 6. The maximum absolute atomic E-state index is 12.6. The molecule has 0 aliphatic heterocycles. The van der Waals surface area contributed by atoms with Gasteiger partial charge < -0.3 is 10.6 Å². The smallest absolute Gasteiger partial charge is 0.274 e. The quantitative estimate of drug-likeness (QED) is 0.711. The molecule has 142 valence electrons. The third-order valence-corrected chi connectivity index (χ3v) is 4.92. The first kappa shape index (κ1) is 19.1. The Labute approximate surface area is 161 Å². The second-order valence-corrected chi connectivity index (χ2v) is 7.28.